The smallest absolute Gasteiger partial charge is 0.307 e. The van der Waals surface area contributed by atoms with Crippen molar-refractivity contribution < 1.29 is 28.7 Å². The van der Waals surface area contributed by atoms with E-state index in [-0.39, 0.29) is 29.7 Å². The monoisotopic (exact) mass is 524 g/mol. The minimum atomic E-state index is -0.968. The second-order valence-electron chi connectivity index (χ2n) is 8.61. The maximum atomic E-state index is 13.0. The van der Waals surface area contributed by atoms with Crippen LogP contribution in [0.5, 0.6) is 0 Å². The number of anilines is 2. The highest BCUT2D eigenvalue weighted by Crippen LogP contribution is 2.34. The van der Waals surface area contributed by atoms with Crippen LogP contribution in [0.2, 0.25) is 0 Å². The maximum Gasteiger partial charge on any atom is 0.307 e. The van der Waals surface area contributed by atoms with Crippen molar-refractivity contribution in [3.05, 3.63) is 53.4 Å². The number of fused-ring (bicyclic) bond motifs is 1. The molecular weight excluding hydrogens is 488 g/mol. The van der Waals surface area contributed by atoms with Crippen molar-refractivity contribution in [1.82, 2.24) is 10.3 Å². The van der Waals surface area contributed by atoms with Gasteiger partial charge in [0.05, 0.1) is 6.42 Å². The van der Waals surface area contributed by atoms with Crippen LogP contribution in [-0.2, 0) is 20.8 Å². The molecule has 38 heavy (non-hydrogen) atoms. The molecule has 0 spiro atoms. The van der Waals surface area contributed by atoms with Gasteiger partial charge in [0.2, 0.25) is 18.1 Å². The highest BCUT2D eigenvalue weighted by molar-refractivity contribution is 6.14. The molecule has 3 amide bonds. The van der Waals surface area contributed by atoms with E-state index >= 15 is 0 Å². The van der Waals surface area contributed by atoms with Gasteiger partial charge in [0.1, 0.15) is 17.1 Å². The fraction of sp³-hybridized carbons (Fsp3) is 0.393. The van der Waals surface area contributed by atoms with Gasteiger partial charge in [-0.3, -0.25) is 19.2 Å². The molecule has 3 aromatic rings. The Morgan fingerprint density at radius 1 is 1.08 bits per heavy atom. The molecule has 0 atom stereocenters. The van der Waals surface area contributed by atoms with Crippen molar-refractivity contribution in [3.8, 4) is 0 Å². The van der Waals surface area contributed by atoms with E-state index < -0.39 is 11.9 Å². The molecule has 0 bridgehead atoms. The molecule has 2 heterocycles. The number of nitrogens with zero attached hydrogens (tertiary/aromatic N) is 1. The molecule has 0 saturated heterocycles. The number of carbonyl (C=O) groups excluding carboxylic acids is 3. The van der Waals surface area contributed by atoms with E-state index in [1.807, 2.05) is 26.8 Å². The number of carbonyl (C=O) groups is 4. The number of pyridine rings is 1. The first-order valence-corrected chi connectivity index (χ1v) is 12.8. The fourth-order valence-corrected chi connectivity index (χ4v) is 4.02. The molecule has 1 saturated carbocycles. The zero-order chi connectivity index (χ0) is 28.1. The number of nitrogens with one attached hydrogen (secondary N) is 3. The van der Waals surface area contributed by atoms with Crippen molar-refractivity contribution >= 4 is 46.7 Å². The molecular formula is C28H36N4O6. The third kappa shape index (κ3) is 8.43. The van der Waals surface area contributed by atoms with Gasteiger partial charge in [0.15, 0.2) is 0 Å². The first-order chi connectivity index (χ1) is 18.3. The summed E-state index contributed by atoms with van der Waals surface area (Å²) >= 11 is 0. The van der Waals surface area contributed by atoms with Crippen molar-refractivity contribution in [2.24, 2.45) is 5.92 Å². The van der Waals surface area contributed by atoms with E-state index in [1.165, 1.54) is 0 Å². The van der Waals surface area contributed by atoms with Crippen LogP contribution in [0.4, 0.5) is 11.5 Å². The van der Waals surface area contributed by atoms with Crippen molar-refractivity contribution in [2.45, 2.75) is 59.3 Å². The van der Waals surface area contributed by atoms with E-state index in [9.17, 15) is 14.4 Å². The number of aliphatic carboxylic acids is 1. The minimum Gasteiger partial charge on any atom is -0.481 e. The topological polar surface area (TPSA) is 151 Å². The summed E-state index contributed by atoms with van der Waals surface area (Å²) < 4.78 is 5.80. The standard InChI is InChI=1S/C24H25N3O5.C2H5NO.C2H6/c1-14-7-10-19(25-13-14)26-24(31)22-21(27-23(30)16-5-3-2-4-6-16)17-11-15(12-20(28)29)8-9-18(17)32-22;1-3-2-4;1-2/h7-11,13,16H,2-6,12H2,1H3,(H,27,30)(H,28,29)(H,25,26,31);2H,1H3,(H,3,4);1-2H3. The van der Waals surface area contributed by atoms with Gasteiger partial charge in [0, 0.05) is 24.5 Å². The van der Waals surface area contributed by atoms with E-state index in [1.54, 1.807) is 37.5 Å². The van der Waals surface area contributed by atoms with Gasteiger partial charge in [-0.25, -0.2) is 4.98 Å². The predicted molar refractivity (Wildman–Crippen MR) is 146 cm³/mol. The average molecular weight is 525 g/mol. The van der Waals surface area contributed by atoms with Gasteiger partial charge in [-0.05, 0) is 49.1 Å². The summed E-state index contributed by atoms with van der Waals surface area (Å²) in [4.78, 5) is 50.4. The number of rotatable bonds is 7. The Morgan fingerprint density at radius 2 is 1.76 bits per heavy atom. The summed E-state index contributed by atoms with van der Waals surface area (Å²) in [5, 5.41) is 17.5. The third-order valence-corrected chi connectivity index (χ3v) is 5.81. The van der Waals surface area contributed by atoms with Crippen LogP contribution >= 0.6 is 0 Å². The lowest BCUT2D eigenvalue weighted by Gasteiger charge is -2.20. The van der Waals surface area contributed by atoms with Crippen LogP contribution in [0.25, 0.3) is 11.0 Å². The molecule has 4 N–H and O–H groups in total. The molecule has 0 radical (unpaired) electrons. The second-order valence-corrected chi connectivity index (χ2v) is 8.61. The number of hydrogen-bond donors (Lipinski definition) is 4. The SMILES string of the molecule is CC.CNC=O.Cc1ccc(NC(=O)c2oc3ccc(CC(=O)O)cc3c2NC(=O)C2CCCCC2)nc1. The molecule has 1 aromatic carbocycles. The number of aryl methyl sites for hydroxylation is 1. The summed E-state index contributed by atoms with van der Waals surface area (Å²) in [7, 11) is 1.56. The second kappa shape index (κ2) is 15.1. The Hall–Kier alpha value is -4.21. The van der Waals surface area contributed by atoms with Crippen LogP contribution < -0.4 is 16.0 Å². The Kier molecular flexibility index (Phi) is 12.0. The summed E-state index contributed by atoms with van der Waals surface area (Å²) in [5.74, 6) is -1.47. The van der Waals surface area contributed by atoms with E-state index in [2.05, 4.69) is 20.9 Å². The number of carboxylic acid groups (broad SMARTS) is 1. The van der Waals surface area contributed by atoms with Crippen molar-refractivity contribution in [1.29, 1.82) is 0 Å². The molecule has 10 nitrogen and oxygen atoms in total. The Labute approximate surface area is 222 Å². The molecule has 0 unspecified atom stereocenters. The molecule has 1 aliphatic rings. The van der Waals surface area contributed by atoms with Gasteiger partial charge in [-0.2, -0.15) is 0 Å². The Balaban J connectivity index is 0.000000773. The number of carboxylic acids is 1. The summed E-state index contributed by atoms with van der Waals surface area (Å²) in [5.41, 5.74) is 2.15. The number of amides is 3. The van der Waals surface area contributed by atoms with Crippen LogP contribution in [0, 0.1) is 12.8 Å². The zero-order valence-corrected chi connectivity index (χ0v) is 22.3. The quantitative estimate of drug-likeness (QED) is 0.320. The zero-order valence-electron chi connectivity index (χ0n) is 22.3. The average Bonchev–Trinajstić information content (AvgIpc) is 3.29. The Bertz CT molecular complexity index is 1230. The first kappa shape index (κ1) is 30.0. The lowest BCUT2D eigenvalue weighted by atomic mass is 9.88. The molecule has 0 aliphatic heterocycles. The lowest BCUT2D eigenvalue weighted by Crippen LogP contribution is -2.26. The van der Waals surface area contributed by atoms with Crippen LogP contribution in [0.3, 0.4) is 0 Å². The minimum absolute atomic E-state index is 0.0426. The maximum absolute atomic E-state index is 13.0. The van der Waals surface area contributed by atoms with E-state index in [0.717, 1.165) is 37.7 Å². The fourth-order valence-electron chi connectivity index (χ4n) is 4.02. The molecule has 10 heteroatoms. The van der Waals surface area contributed by atoms with Gasteiger partial charge in [-0.1, -0.05) is 45.2 Å². The van der Waals surface area contributed by atoms with E-state index in [0.29, 0.717) is 28.8 Å². The normalized spacial score (nSPS) is 12.7. The van der Waals surface area contributed by atoms with Crippen LogP contribution in [-0.4, -0.2) is 41.3 Å². The van der Waals surface area contributed by atoms with Gasteiger partial charge >= 0.3 is 5.97 Å². The summed E-state index contributed by atoms with van der Waals surface area (Å²) in [6, 6.07) is 8.40. The molecule has 1 fully saturated rings. The highest BCUT2D eigenvalue weighted by Gasteiger charge is 2.27. The molecule has 1 aliphatic carbocycles. The number of benzene rings is 1. The highest BCUT2D eigenvalue weighted by atomic mass is 16.4. The summed E-state index contributed by atoms with van der Waals surface area (Å²) in [6.45, 7) is 5.89. The van der Waals surface area contributed by atoms with Crippen LogP contribution in [0.1, 0.15) is 67.6 Å². The largest absolute Gasteiger partial charge is 0.481 e. The first-order valence-electron chi connectivity index (χ1n) is 12.8. The molecule has 2 aromatic heterocycles. The number of hydrogen-bond acceptors (Lipinski definition) is 6. The molecule has 204 valence electrons. The lowest BCUT2D eigenvalue weighted by molar-refractivity contribution is -0.136. The van der Waals surface area contributed by atoms with Gasteiger partial charge in [-0.15, -0.1) is 0 Å². The van der Waals surface area contributed by atoms with Gasteiger partial charge in [0.25, 0.3) is 5.91 Å². The van der Waals surface area contributed by atoms with Gasteiger partial charge < -0.3 is 25.5 Å². The summed E-state index contributed by atoms with van der Waals surface area (Å²) in [6.07, 6.45) is 6.82. The van der Waals surface area contributed by atoms with Crippen LogP contribution in [0.15, 0.2) is 40.9 Å². The van der Waals surface area contributed by atoms with E-state index in [4.69, 9.17) is 14.3 Å². The molecule has 4 rings (SSSR count). The van der Waals surface area contributed by atoms with Crippen molar-refractivity contribution in [3.63, 3.8) is 0 Å². The Morgan fingerprint density at radius 3 is 2.34 bits per heavy atom. The third-order valence-electron chi connectivity index (χ3n) is 5.81. The predicted octanol–water partition coefficient (Wildman–Crippen LogP) is 4.92. The number of furan rings is 1. The number of aromatic nitrogens is 1. The van der Waals surface area contributed by atoms with Crippen molar-refractivity contribution in [2.75, 3.05) is 17.7 Å².